The van der Waals surface area contributed by atoms with Crippen molar-refractivity contribution in [2.24, 2.45) is 0 Å². The minimum atomic E-state index is -1.10. The Morgan fingerprint density at radius 1 is 1.39 bits per heavy atom. The second kappa shape index (κ2) is 6.22. The van der Waals surface area contributed by atoms with E-state index in [4.69, 9.17) is 4.74 Å². The lowest BCUT2D eigenvalue weighted by molar-refractivity contribution is 0.106. The highest BCUT2D eigenvalue weighted by Gasteiger charge is 2.20. The molecule has 0 bridgehead atoms. The van der Waals surface area contributed by atoms with Crippen molar-refractivity contribution in [2.45, 2.75) is 25.5 Å². The number of hydrogen-bond donors (Lipinski definition) is 2. The second-order valence-corrected chi connectivity index (χ2v) is 4.88. The smallest absolute Gasteiger partial charge is 0.129 e. The van der Waals surface area contributed by atoms with Crippen molar-refractivity contribution in [2.75, 3.05) is 20.3 Å². The molecule has 0 saturated heterocycles. The maximum absolute atomic E-state index is 13.4. The molecule has 0 aromatic heterocycles. The Morgan fingerprint density at radius 3 is 2.67 bits per heavy atom. The zero-order valence-electron chi connectivity index (χ0n) is 10.8. The molecule has 0 aliphatic rings. The van der Waals surface area contributed by atoms with Gasteiger partial charge in [-0.2, -0.15) is 0 Å². The van der Waals surface area contributed by atoms with Crippen molar-refractivity contribution in [3.05, 3.63) is 35.4 Å². The van der Waals surface area contributed by atoms with E-state index in [2.05, 4.69) is 5.32 Å². The van der Waals surface area contributed by atoms with E-state index < -0.39 is 17.7 Å². The van der Waals surface area contributed by atoms with Crippen LogP contribution >= 0.6 is 0 Å². The molecule has 2 N–H and O–H groups in total. The summed E-state index contributed by atoms with van der Waals surface area (Å²) in [6, 6.07) is 3.03. The van der Waals surface area contributed by atoms with Crippen LogP contribution in [0.1, 0.15) is 25.5 Å². The Bertz CT molecular complexity index is 397. The van der Waals surface area contributed by atoms with Gasteiger partial charge in [0.25, 0.3) is 0 Å². The molecule has 3 nitrogen and oxygen atoms in total. The summed E-state index contributed by atoms with van der Waals surface area (Å²) in [5.74, 6) is -1.18. The molecular formula is C13H19F2NO2. The topological polar surface area (TPSA) is 41.5 Å². The van der Waals surface area contributed by atoms with Crippen molar-refractivity contribution < 1.29 is 18.6 Å². The van der Waals surface area contributed by atoms with Gasteiger partial charge < -0.3 is 15.2 Å². The molecule has 1 aromatic carbocycles. The SMILES string of the molecule is COCC(C)(C)NCC(O)c1cc(F)ccc1F. The monoisotopic (exact) mass is 259 g/mol. The Morgan fingerprint density at radius 2 is 2.06 bits per heavy atom. The summed E-state index contributed by atoms with van der Waals surface area (Å²) in [6.07, 6.45) is -1.10. The Labute approximate surface area is 106 Å². The van der Waals surface area contributed by atoms with Crippen LogP contribution in [-0.2, 0) is 4.74 Å². The molecule has 0 heterocycles. The number of ether oxygens (including phenoxy) is 1. The first kappa shape index (κ1) is 15.0. The molecule has 0 saturated carbocycles. The second-order valence-electron chi connectivity index (χ2n) is 4.88. The van der Waals surface area contributed by atoms with Crippen LogP contribution in [0, 0.1) is 11.6 Å². The molecule has 0 fully saturated rings. The highest BCUT2D eigenvalue weighted by Crippen LogP contribution is 2.18. The average Bonchev–Trinajstić information content (AvgIpc) is 2.29. The van der Waals surface area contributed by atoms with Crippen LogP contribution in [-0.4, -0.2) is 30.9 Å². The van der Waals surface area contributed by atoms with Crippen LogP contribution in [0.2, 0.25) is 0 Å². The molecular weight excluding hydrogens is 240 g/mol. The fraction of sp³-hybridized carbons (Fsp3) is 0.538. The summed E-state index contributed by atoms with van der Waals surface area (Å²) in [5, 5.41) is 12.9. The van der Waals surface area contributed by atoms with Gasteiger partial charge in [0.05, 0.1) is 12.7 Å². The van der Waals surface area contributed by atoms with Gasteiger partial charge in [0.2, 0.25) is 0 Å². The predicted molar refractivity (Wildman–Crippen MR) is 65.3 cm³/mol. The number of aliphatic hydroxyl groups excluding tert-OH is 1. The first-order chi connectivity index (χ1) is 8.35. The third-order valence-electron chi connectivity index (χ3n) is 2.60. The van der Waals surface area contributed by atoms with Gasteiger partial charge in [-0.15, -0.1) is 0 Å². The Hall–Kier alpha value is -1.04. The van der Waals surface area contributed by atoms with Crippen molar-refractivity contribution >= 4 is 0 Å². The lowest BCUT2D eigenvalue weighted by Gasteiger charge is -2.27. The minimum absolute atomic E-state index is 0.0456. The summed E-state index contributed by atoms with van der Waals surface area (Å²) in [4.78, 5) is 0. The first-order valence-electron chi connectivity index (χ1n) is 5.73. The lowest BCUT2D eigenvalue weighted by atomic mass is 10.0. The van der Waals surface area contributed by atoms with Crippen LogP contribution < -0.4 is 5.32 Å². The molecule has 0 radical (unpaired) electrons. The molecule has 1 unspecified atom stereocenters. The number of hydrogen-bond acceptors (Lipinski definition) is 3. The number of rotatable bonds is 6. The first-order valence-corrected chi connectivity index (χ1v) is 5.73. The number of β-amino-alcohol motifs (C(OH)–C–C–N with tert-alkyl or cyclic N) is 1. The van der Waals surface area contributed by atoms with E-state index in [0.717, 1.165) is 18.2 Å². The molecule has 1 rings (SSSR count). The van der Waals surface area contributed by atoms with E-state index in [1.54, 1.807) is 7.11 Å². The Balaban J connectivity index is 2.65. The molecule has 0 spiro atoms. The fourth-order valence-electron chi connectivity index (χ4n) is 1.66. The highest BCUT2D eigenvalue weighted by atomic mass is 19.1. The van der Waals surface area contributed by atoms with Crippen molar-refractivity contribution in [1.29, 1.82) is 0 Å². The van der Waals surface area contributed by atoms with Crippen LogP contribution in [0.15, 0.2) is 18.2 Å². The van der Waals surface area contributed by atoms with Crippen LogP contribution in [0.5, 0.6) is 0 Å². The summed E-state index contributed by atoms with van der Waals surface area (Å²) >= 11 is 0. The zero-order valence-corrected chi connectivity index (χ0v) is 10.8. The number of nitrogens with one attached hydrogen (secondary N) is 1. The molecule has 1 aromatic rings. The van der Waals surface area contributed by atoms with Crippen LogP contribution in [0.3, 0.4) is 0 Å². The molecule has 0 aliphatic heterocycles. The minimum Gasteiger partial charge on any atom is -0.387 e. The number of aliphatic hydroxyl groups is 1. The van der Waals surface area contributed by atoms with E-state index in [9.17, 15) is 13.9 Å². The largest absolute Gasteiger partial charge is 0.387 e. The predicted octanol–water partition coefficient (Wildman–Crippen LogP) is 2.01. The standard InChI is InChI=1S/C13H19F2NO2/c1-13(2,8-18-3)16-7-12(17)10-6-9(14)4-5-11(10)15/h4-6,12,16-17H,7-8H2,1-3H3. The van der Waals surface area contributed by atoms with Crippen molar-refractivity contribution in [3.63, 3.8) is 0 Å². The maximum Gasteiger partial charge on any atom is 0.129 e. The van der Waals surface area contributed by atoms with E-state index in [1.165, 1.54) is 0 Å². The fourth-order valence-corrected chi connectivity index (χ4v) is 1.66. The summed E-state index contributed by atoms with van der Waals surface area (Å²) < 4.78 is 31.4. The summed E-state index contributed by atoms with van der Waals surface area (Å²) in [5.41, 5.74) is -0.393. The molecule has 18 heavy (non-hydrogen) atoms. The van der Waals surface area contributed by atoms with Gasteiger partial charge in [0.1, 0.15) is 11.6 Å². The average molecular weight is 259 g/mol. The molecule has 0 aliphatic carbocycles. The summed E-state index contributed by atoms with van der Waals surface area (Å²) in [7, 11) is 1.58. The van der Waals surface area contributed by atoms with Crippen molar-refractivity contribution in [1.82, 2.24) is 5.32 Å². The number of methoxy groups -OCH3 is 1. The quantitative estimate of drug-likeness (QED) is 0.821. The van der Waals surface area contributed by atoms with Gasteiger partial charge in [-0.25, -0.2) is 8.78 Å². The third kappa shape index (κ3) is 4.33. The molecule has 1 atom stereocenters. The van der Waals surface area contributed by atoms with E-state index in [0.29, 0.717) is 6.61 Å². The number of benzene rings is 1. The third-order valence-corrected chi connectivity index (χ3v) is 2.60. The zero-order chi connectivity index (χ0) is 13.8. The molecule has 102 valence electrons. The van der Waals surface area contributed by atoms with Crippen LogP contribution in [0.25, 0.3) is 0 Å². The van der Waals surface area contributed by atoms with E-state index in [1.807, 2.05) is 13.8 Å². The van der Waals surface area contributed by atoms with Gasteiger partial charge in [-0.3, -0.25) is 0 Å². The van der Waals surface area contributed by atoms with Gasteiger partial charge in [-0.1, -0.05) is 0 Å². The molecule has 0 amide bonds. The van der Waals surface area contributed by atoms with E-state index in [-0.39, 0.29) is 17.6 Å². The van der Waals surface area contributed by atoms with Crippen LogP contribution in [0.4, 0.5) is 8.78 Å². The van der Waals surface area contributed by atoms with E-state index >= 15 is 0 Å². The summed E-state index contributed by atoms with van der Waals surface area (Å²) in [6.45, 7) is 4.36. The highest BCUT2D eigenvalue weighted by molar-refractivity contribution is 5.21. The van der Waals surface area contributed by atoms with Gasteiger partial charge in [-0.05, 0) is 32.0 Å². The van der Waals surface area contributed by atoms with Gasteiger partial charge in [0, 0.05) is 24.8 Å². The Kier molecular flexibility index (Phi) is 5.19. The van der Waals surface area contributed by atoms with Gasteiger partial charge >= 0.3 is 0 Å². The lowest BCUT2D eigenvalue weighted by Crippen LogP contribution is -2.45. The molecule has 5 heteroatoms. The maximum atomic E-state index is 13.4. The normalized spacial score (nSPS) is 13.7. The van der Waals surface area contributed by atoms with Gasteiger partial charge in [0.15, 0.2) is 0 Å². The number of halogens is 2. The van der Waals surface area contributed by atoms with Crippen molar-refractivity contribution in [3.8, 4) is 0 Å².